The third kappa shape index (κ3) is 3.98. The van der Waals surface area contributed by atoms with Gasteiger partial charge >= 0.3 is 0 Å². The van der Waals surface area contributed by atoms with Crippen LogP contribution in [0.4, 0.5) is 0 Å². The van der Waals surface area contributed by atoms with Crippen LogP contribution >= 0.6 is 27.5 Å². The minimum atomic E-state index is -3.71. The van der Waals surface area contributed by atoms with Crippen LogP contribution in [0.5, 0.6) is 5.75 Å². The van der Waals surface area contributed by atoms with Crippen LogP contribution in [0.3, 0.4) is 0 Å². The number of pyridine rings is 1. The molecular weight excluding hydrogens is 392 g/mol. The molecule has 0 amide bonds. The molecule has 1 atom stereocenters. The Morgan fingerprint density at radius 2 is 2.09 bits per heavy atom. The normalized spacial score (nSPS) is 12.9. The number of ether oxygens (including phenoxy) is 1. The third-order valence-corrected chi connectivity index (χ3v) is 5.65. The van der Waals surface area contributed by atoms with E-state index < -0.39 is 16.1 Å². The molecule has 0 radical (unpaired) electrons. The number of sulfonamides is 1. The fourth-order valence-corrected chi connectivity index (χ4v) is 3.64. The third-order valence-electron chi connectivity index (χ3n) is 3.01. The SMILES string of the molecule is COc1cccc([C@@H](C)NS(=O)(=O)c2cnc(Cl)c(Br)c2)c1. The Hall–Kier alpha value is -1.15. The van der Waals surface area contributed by atoms with E-state index in [2.05, 4.69) is 25.6 Å². The number of hydrogen-bond donors (Lipinski definition) is 1. The predicted molar refractivity (Wildman–Crippen MR) is 88.7 cm³/mol. The number of hydrogen-bond acceptors (Lipinski definition) is 4. The van der Waals surface area contributed by atoms with Crippen LogP contribution in [0, 0.1) is 0 Å². The summed E-state index contributed by atoms with van der Waals surface area (Å²) in [4.78, 5) is 3.87. The van der Waals surface area contributed by atoms with E-state index in [1.807, 2.05) is 6.07 Å². The first-order valence-electron chi connectivity index (χ1n) is 6.31. The van der Waals surface area contributed by atoms with Gasteiger partial charge in [-0.05, 0) is 46.6 Å². The molecule has 0 fully saturated rings. The second-order valence-corrected chi connectivity index (χ2v) is 7.49. The molecule has 1 aromatic carbocycles. The summed E-state index contributed by atoms with van der Waals surface area (Å²) in [5.41, 5.74) is 0.795. The summed E-state index contributed by atoms with van der Waals surface area (Å²) in [6, 6.07) is 8.20. The summed E-state index contributed by atoms with van der Waals surface area (Å²) >= 11 is 8.94. The number of nitrogens with zero attached hydrogens (tertiary/aromatic N) is 1. The molecule has 2 rings (SSSR count). The first-order valence-corrected chi connectivity index (χ1v) is 8.96. The highest BCUT2D eigenvalue weighted by Crippen LogP contribution is 2.24. The maximum atomic E-state index is 12.4. The van der Waals surface area contributed by atoms with E-state index >= 15 is 0 Å². The molecule has 22 heavy (non-hydrogen) atoms. The van der Waals surface area contributed by atoms with Crippen molar-refractivity contribution in [2.45, 2.75) is 17.9 Å². The van der Waals surface area contributed by atoms with Crippen LogP contribution in [0.15, 0.2) is 45.9 Å². The smallest absolute Gasteiger partial charge is 0.242 e. The minimum Gasteiger partial charge on any atom is -0.497 e. The molecule has 5 nitrogen and oxygen atoms in total. The van der Waals surface area contributed by atoms with Crippen molar-refractivity contribution in [2.75, 3.05) is 7.11 Å². The first-order chi connectivity index (χ1) is 10.3. The Kier molecular flexibility index (Phi) is 5.44. The molecule has 1 heterocycles. The fourth-order valence-electron chi connectivity index (χ4n) is 1.83. The summed E-state index contributed by atoms with van der Waals surface area (Å²) in [5.74, 6) is 0.666. The number of rotatable bonds is 5. The molecule has 0 spiro atoms. The van der Waals surface area contributed by atoms with Crippen molar-refractivity contribution in [1.82, 2.24) is 9.71 Å². The van der Waals surface area contributed by atoms with Crippen molar-refractivity contribution in [3.05, 3.63) is 51.7 Å². The second kappa shape index (κ2) is 6.95. The van der Waals surface area contributed by atoms with Crippen molar-refractivity contribution in [1.29, 1.82) is 0 Å². The van der Waals surface area contributed by atoms with Gasteiger partial charge in [-0.15, -0.1) is 0 Å². The molecule has 0 saturated heterocycles. The number of methoxy groups -OCH3 is 1. The van der Waals surface area contributed by atoms with Crippen LogP contribution in [0.1, 0.15) is 18.5 Å². The van der Waals surface area contributed by atoms with E-state index in [4.69, 9.17) is 16.3 Å². The van der Waals surface area contributed by atoms with Crippen molar-refractivity contribution in [3.63, 3.8) is 0 Å². The van der Waals surface area contributed by atoms with Crippen molar-refractivity contribution < 1.29 is 13.2 Å². The summed E-state index contributed by atoms with van der Waals surface area (Å²) in [6.45, 7) is 1.75. The Morgan fingerprint density at radius 1 is 1.36 bits per heavy atom. The molecule has 0 unspecified atom stereocenters. The van der Waals surface area contributed by atoms with E-state index in [0.717, 1.165) is 5.56 Å². The summed E-state index contributed by atoms with van der Waals surface area (Å²) in [7, 11) is -2.15. The van der Waals surface area contributed by atoms with Gasteiger partial charge in [0.25, 0.3) is 0 Å². The first kappa shape index (κ1) is 17.2. The predicted octanol–water partition coefficient (Wildman–Crippen LogP) is 3.55. The summed E-state index contributed by atoms with van der Waals surface area (Å²) in [5, 5.41) is 0.208. The van der Waals surface area contributed by atoms with E-state index in [1.54, 1.807) is 32.2 Å². The van der Waals surface area contributed by atoms with Crippen LogP contribution in [-0.4, -0.2) is 20.5 Å². The highest BCUT2D eigenvalue weighted by molar-refractivity contribution is 9.10. The molecule has 1 aromatic heterocycles. The van der Waals surface area contributed by atoms with E-state index in [-0.39, 0.29) is 10.0 Å². The number of halogens is 2. The van der Waals surface area contributed by atoms with Crippen molar-refractivity contribution in [2.24, 2.45) is 0 Å². The highest BCUT2D eigenvalue weighted by atomic mass is 79.9. The quantitative estimate of drug-likeness (QED) is 0.773. The lowest BCUT2D eigenvalue weighted by Crippen LogP contribution is -2.27. The Balaban J connectivity index is 2.25. The molecular formula is C14H14BrClN2O3S. The zero-order valence-corrected chi connectivity index (χ0v) is 15.0. The van der Waals surface area contributed by atoms with Crippen LogP contribution in [-0.2, 0) is 10.0 Å². The molecule has 0 aliphatic rings. The van der Waals surface area contributed by atoms with Crippen LogP contribution in [0.25, 0.3) is 0 Å². The van der Waals surface area contributed by atoms with Crippen LogP contribution < -0.4 is 9.46 Å². The van der Waals surface area contributed by atoms with Gasteiger partial charge in [0, 0.05) is 12.2 Å². The molecule has 1 N–H and O–H groups in total. The monoisotopic (exact) mass is 404 g/mol. The lowest BCUT2D eigenvalue weighted by Gasteiger charge is -2.15. The van der Waals surface area contributed by atoms with E-state index in [9.17, 15) is 8.42 Å². The molecule has 0 aliphatic carbocycles. The fraction of sp³-hybridized carbons (Fsp3) is 0.214. The zero-order chi connectivity index (χ0) is 16.3. The maximum Gasteiger partial charge on any atom is 0.242 e. The van der Waals surface area contributed by atoms with Gasteiger partial charge in [-0.1, -0.05) is 23.7 Å². The standard InChI is InChI=1S/C14H14BrClN2O3S/c1-9(10-4-3-5-11(6-10)21-2)18-22(19,20)12-7-13(15)14(16)17-8-12/h3-9,18H,1-2H3/t9-/m1/s1. The highest BCUT2D eigenvalue weighted by Gasteiger charge is 2.20. The van der Waals surface area contributed by atoms with Gasteiger partial charge in [0.05, 0.1) is 11.6 Å². The van der Waals surface area contributed by atoms with Crippen LogP contribution in [0.2, 0.25) is 5.15 Å². The lowest BCUT2D eigenvalue weighted by molar-refractivity contribution is 0.413. The van der Waals surface area contributed by atoms with Gasteiger partial charge in [-0.2, -0.15) is 0 Å². The maximum absolute atomic E-state index is 12.4. The second-order valence-electron chi connectivity index (χ2n) is 4.56. The van der Waals surface area contributed by atoms with Gasteiger partial charge in [0.2, 0.25) is 10.0 Å². The largest absolute Gasteiger partial charge is 0.497 e. The van der Waals surface area contributed by atoms with Gasteiger partial charge in [0.15, 0.2) is 0 Å². The number of aromatic nitrogens is 1. The topological polar surface area (TPSA) is 68.3 Å². The van der Waals surface area contributed by atoms with Crippen molar-refractivity contribution >= 4 is 37.6 Å². The summed E-state index contributed by atoms with van der Waals surface area (Å²) in [6.07, 6.45) is 1.22. The average molecular weight is 406 g/mol. The van der Waals surface area contributed by atoms with E-state index in [0.29, 0.717) is 10.2 Å². The molecule has 0 bridgehead atoms. The molecule has 8 heteroatoms. The minimum absolute atomic E-state index is 0.0403. The van der Waals surface area contributed by atoms with Gasteiger partial charge < -0.3 is 4.74 Å². The van der Waals surface area contributed by atoms with Gasteiger partial charge in [0.1, 0.15) is 15.8 Å². The van der Waals surface area contributed by atoms with E-state index in [1.165, 1.54) is 12.3 Å². The molecule has 0 saturated carbocycles. The van der Waals surface area contributed by atoms with Crippen molar-refractivity contribution in [3.8, 4) is 5.75 Å². The average Bonchev–Trinajstić information content (AvgIpc) is 2.49. The number of nitrogens with one attached hydrogen (secondary N) is 1. The summed E-state index contributed by atoms with van der Waals surface area (Å²) < 4.78 is 32.9. The zero-order valence-electron chi connectivity index (χ0n) is 11.9. The number of benzene rings is 1. The Bertz CT molecular complexity index is 783. The van der Waals surface area contributed by atoms with Gasteiger partial charge in [-0.25, -0.2) is 18.1 Å². The molecule has 2 aromatic rings. The lowest BCUT2D eigenvalue weighted by atomic mass is 10.1. The van der Waals surface area contributed by atoms with Gasteiger partial charge in [-0.3, -0.25) is 0 Å². The Morgan fingerprint density at radius 3 is 2.73 bits per heavy atom. The Labute approximate surface area is 142 Å². The molecule has 118 valence electrons. The molecule has 0 aliphatic heterocycles.